The minimum absolute atomic E-state index is 0.400. The predicted octanol–water partition coefficient (Wildman–Crippen LogP) is 2.73. The molecule has 3 unspecified atom stereocenters. The van der Waals surface area contributed by atoms with Crippen LogP contribution in [0.1, 0.15) is 48.5 Å². The van der Waals surface area contributed by atoms with Gasteiger partial charge in [-0.3, -0.25) is 0 Å². The number of piperidine rings is 1. The summed E-state index contributed by atoms with van der Waals surface area (Å²) in [7, 11) is 2.30. The average molecular weight is 265 g/mol. The second kappa shape index (κ2) is 4.91. The molecule has 0 amide bonds. The summed E-state index contributed by atoms with van der Waals surface area (Å²) < 4.78 is 0. The van der Waals surface area contributed by atoms with E-state index >= 15 is 0 Å². The van der Waals surface area contributed by atoms with Gasteiger partial charge in [-0.2, -0.15) is 0 Å². The minimum atomic E-state index is 0.400. The highest BCUT2D eigenvalue weighted by atomic mass is 32.1. The van der Waals surface area contributed by atoms with Crippen LogP contribution in [0.15, 0.2) is 6.20 Å². The van der Waals surface area contributed by atoms with Crippen LogP contribution in [0.25, 0.3) is 0 Å². The zero-order chi connectivity index (χ0) is 12.7. The Hall–Kier alpha value is -0.450. The Kier molecular flexibility index (Phi) is 3.43. The summed E-state index contributed by atoms with van der Waals surface area (Å²) in [5.74, 6) is 0. The van der Waals surface area contributed by atoms with E-state index in [1.54, 1.807) is 0 Å². The second-order valence-electron chi connectivity index (χ2n) is 5.92. The van der Waals surface area contributed by atoms with Crippen molar-refractivity contribution in [1.29, 1.82) is 0 Å². The lowest BCUT2D eigenvalue weighted by atomic mass is 9.97. The number of nitrogens with zero attached hydrogens (tertiary/aromatic N) is 2. The fourth-order valence-electron chi connectivity index (χ4n) is 3.54. The number of aryl methyl sites for hydroxylation is 1. The van der Waals surface area contributed by atoms with Gasteiger partial charge in [-0.15, -0.1) is 11.3 Å². The third-order valence-corrected chi connectivity index (χ3v) is 5.69. The first-order valence-electron chi connectivity index (χ1n) is 7.04. The molecule has 2 aliphatic rings. The molecule has 0 radical (unpaired) electrons. The lowest BCUT2D eigenvalue weighted by molar-refractivity contribution is 0.144. The molecule has 2 aliphatic heterocycles. The van der Waals surface area contributed by atoms with E-state index in [0.717, 1.165) is 12.1 Å². The largest absolute Gasteiger partial charge is 0.305 e. The van der Waals surface area contributed by atoms with Crippen LogP contribution < -0.4 is 5.32 Å². The Bertz CT molecular complexity index is 403. The smallest absolute Gasteiger partial charge is 0.109 e. The van der Waals surface area contributed by atoms with Crippen molar-refractivity contribution in [3.63, 3.8) is 0 Å². The van der Waals surface area contributed by atoms with E-state index in [9.17, 15) is 0 Å². The molecule has 0 aliphatic carbocycles. The van der Waals surface area contributed by atoms with Crippen LogP contribution in [0.3, 0.4) is 0 Å². The quantitative estimate of drug-likeness (QED) is 0.911. The van der Waals surface area contributed by atoms with Crippen molar-refractivity contribution >= 4 is 11.3 Å². The lowest BCUT2D eigenvalue weighted by Crippen LogP contribution is -2.47. The molecule has 4 heteroatoms. The number of hydrogen-bond acceptors (Lipinski definition) is 4. The molecular formula is C14H23N3S. The number of thiazole rings is 1. The normalized spacial score (nSPS) is 33.8. The highest BCUT2D eigenvalue weighted by Gasteiger charge is 2.38. The van der Waals surface area contributed by atoms with Crippen LogP contribution in [-0.2, 0) is 0 Å². The molecule has 2 bridgehead atoms. The Balaban J connectivity index is 1.61. The lowest BCUT2D eigenvalue weighted by Gasteiger charge is -2.37. The Morgan fingerprint density at radius 3 is 2.61 bits per heavy atom. The number of aromatic nitrogens is 1. The minimum Gasteiger partial charge on any atom is -0.305 e. The molecule has 3 atom stereocenters. The Labute approximate surface area is 114 Å². The van der Waals surface area contributed by atoms with Crippen molar-refractivity contribution < 1.29 is 0 Å². The molecule has 0 spiro atoms. The SMILES string of the molecule is Cc1cnc(C(C)NC2CC3CCC(C2)N3C)s1. The summed E-state index contributed by atoms with van der Waals surface area (Å²) in [6.45, 7) is 4.38. The van der Waals surface area contributed by atoms with Gasteiger partial charge in [-0.05, 0) is 46.6 Å². The molecule has 0 saturated carbocycles. The van der Waals surface area contributed by atoms with E-state index in [4.69, 9.17) is 0 Å². The van der Waals surface area contributed by atoms with Crippen molar-refractivity contribution in [1.82, 2.24) is 15.2 Å². The molecular weight excluding hydrogens is 242 g/mol. The van der Waals surface area contributed by atoms with Crippen LogP contribution >= 0.6 is 11.3 Å². The van der Waals surface area contributed by atoms with Crippen molar-refractivity contribution in [2.75, 3.05) is 7.05 Å². The van der Waals surface area contributed by atoms with E-state index < -0.39 is 0 Å². The van der Waals surface area contributed by atoms with Gasteiger partial charge in [-0.25, -0.2) is 4.98 Å². The van der Waals surface area contributed by atoms with Gasteiger partial charge in [0.1, 0.15) is 5.01 Å². The van der Waals surface area contributed by atoms with Gasteiger partial charge in [0.15, 0.2) is 0 Å². The van der Waals surface area contributed by atoms with E-state index in [2.05, 4.69) is 36.1 Å². The van der Waals surface area contributed by atoms with E-state index in [1.165, 1.54) is 35.6 Å². The molecule has 3 heterocycles. The Morgan fingerprint density at radius 1 is 1.39 bits per heavy atom. The highest BCUT2D eigenvalue weighted by Crippen LogP contribution is 2.35. The monoisotopic (exact) mass is 265 g/mol. The molecule has 3 rings (SSSR count). The van der Waals surface area contributed by atoms with E-state index in [1.807, 2.05) is 17.5 Å². The van der Waals surface area contributed by atoms with Crippen molar-refractivity contribution in [3.8, 4) is 0 Å². The van der Waals surface area contributed by atoms with Gasteiger partial charge in [0.25, 0.3) is 0 Å². The topological polar surface area (TPSA) is 28.2 Å². The fourth-order valence-corrected chi connectivity index (χ4v) is 4.33. The molecule has 100 valence electrons. The van der Waals surface area contributed by atoms with Crippen LogP contribution in [0.4, 0.5) is 0 Å². The summed E-state index contributed by atoms with van der Waals surface area (Å²) in [5, 5.41) is 5.03. The van der Waals surface area contributed by atoms with Gasteiger partial charge >= 0.3 is 0 Å². The van der Waals surface area contributed by atoms with E-state index in [0.29, 0.717) is 12.1 Å². The molecule has 1 aromatic heterocycles. The molecule has 1 N–H and O–H groups in total. The summed E-state index contributed by atoms with van der Waals surface area (Å²) in [6.07, 6.45) is 7.38. The van der Waals surface area contributed by atoms with Gasteiger partial charge in [0, 0.05) is 29.2 Å². The molecule has 0 aromatic carbocycles. The summed E-state index contributed by atoms with van der Waals surface area (Å²) in [5.41, 5.74) is 0. The number of hydrogen-bond donors (Lipinski definition) is 1. The van der Waals surface area contributed by atoms with Crippen LogP contribution in [0.5, 0.6) is 0 Å². The maximum absolute atomic E-state index is 4.50. The van der Waals surface area contributed by atoms with Gasteiger partial charge in [0.2, 0.25) is 0 Å². The predicted molar refractivity (Wildman–Crippen MR) is 76.0 cm³/mol. The van der Waals surface area contributed by atoms with Gasteiger partial charge in [0.05, 0.1) is 6.04 Å². The first kappa shape index (κ1) is 12.6. The van der Waals surface area contributed by atoms with Gasteiger partial charge < -0.3 is 10.2 Å². The average Bonchev–Trinajstić information content (AvgIpc) is 2.82. The third-order valence-electron chi connectivity index (χ3n) is 4.59. The van der Waals surface area contributed by atoms with Crippen LogP contribution in [0.2, 0.25) is 0 Å². The van der Waals surface area contributed by atoms with Crippen LogP contribution in [0, 0.1) is 6.92 Å². The van der Waals surface area contributed by atoms with Gasteiger partial charge in [-0.1, -0.05) is 0 Å². The number of rotatable bonds is 3. The van der Waals surface area contributed by atoms with Crippen molar-refractivity contribution in [3.05, 3.63) is 16.1 Å². The summed E-state index contributed by atoms with van der Waals surface area (Å²) in [6, 6.07) is 2.70. The third kappa shape index (κ3) is 2.33. The number of fused-ring (bicyclic) bond motifs is 2. The maximum atomic E-state index is 4.50. The first-order valence-corrected chi connectivity index (χ1v) is 7.85. The summed E-state index contributed by atoms with van der Waals surface area (Å²) >= 11 is 1.82. The van der Waals surface area contributed by atoms with Crippen molar-refractivity contribution in [2.24, 2.45) is 0 Å². The van der Waals surface area contributed by atoms with Crippen LogP contribution in [-0.4, -0.2) is 35.1 Å². The van der Waals surface area contributed by atoms with Crippen molar-refractivity contribution in [2.45, 2.75) is 63.7 Å². The first-order chi connectivity index (χ1) is 8.63. The second-order valence-corrected chi connectivity index (χ2v) is 7.18. The molecule has 2 fully saturated rings. The highest BCUT2D eigenvalue weighted by molar-refractivity contribution is 7.11. The maximum Gasteiger partial charge on any atom is 0.109 e. The fraction of sp³-hybridized carbons (Fsp3) is 0.786. The van der Waals surface area contributed by atoms with E-state index in [-0.39, 0.29) is 0 Å². The molecule has 3 nitrogen and oxygen atoms in total. The molecule has 2 saturated heterocycles. The Morgan fingerprint density at radius 2 is 2.06 bits per heavy atom. The zero-order valence-electron chi connectivity index (χ0n) is 11.5. The molecule has 18 heavy (non-hydrogen) atoms. The standard InChI is InChI=1S/C14H23N3S/c1-9-8-15-14(18-9)10(2)16-11-6-12-4-5-13(7-11)17(12)3/h8,10-13,16H,4-7H2,1-3H3. The summed E-state index contributed by atoms with van der Waals surface area (Å²) in [4.78, 5) is 8.40. The zero-order valence-corrected chi connectivity index (χ0v) is 12.3. The number of nitrogens with one attached hydrogen (secondary N) is 1. The molecule has 1 aromatic rings.